The van der Waals surface area contributed by atoms with Crippen molar-refractivity contribution in [1.82, 2.24) is 19.5 Å². The minimum atomic E-state index is -4.40. The Morgan fingerprint density at radius 2 is 2.14 bits per heavy atom. The van der Waals surface area contributed by atoms with Gasteiger partial charge >= 0.3 is 6.18 Å². The number of likely N-dealkylation sites (tertiary alicyclic amines) is 1. The summed E-state index contributed by atoms with van der Waals surface area (Å²) in [4.78, 5) is 17.7. The summed E-state index contributed by atoms with van der Waals surface area (Å²) < 4.78 is 40.5. The number of hydrogen-bond acceptors (Lipinski definition) is 4. The van der Waals surface area contributed by atoms with Crippen LogP contribution in [0.4, 0.5) is 19.1 Å². The molecule has 0 bridgehead atoms. The number of aromatic nitrogens is 3. The lowest BCUT2D eigenvalue weighted by atomic mass is 9.95. The Labute approximate surface area is 123 Å². The fourth-order valence-electron chi connectivity index (χ4n) is 2.69. The Morgan fingerprint density at radius 1 is 1.36 bits per heavy atom. The van der Waals surface area contributed by atoms with Gasteiger partial charge in [0, 0.05) is 19.3 Å². The molecule has 2 aromatic rings. The second kappa shape index (κ2) is 5.24. The fourth-order valence-corrected chi connectivity index (χ4v) is 2.69. The van der Waals surface area contributed by atoms with Crippen molar-refractivity contribution in [2.45, 2.75) is 6.18 Å². The number of halogens is 3. The Kier molecular flexibility index (Phi) is 3.51. The molecule has 2 atom stereocenters. The van der Waals surface area contributed by atoms with E-state index in [2.05, 4.69) is 15.4 Å². The highest BCUT2D eigenvalue weighted by Gasteiger charge is 2.51. The van der Waals surface area contributed by atoms with Gasteiger partial charge in [0.25, 0.3) is 0 Å². The van der Waals surface area contributed by atoms with Crippen LogP contribution in [0.25, 0.3) is 5.65 Å². The number of alkyl halides is 3. The molecular weight excluding hydrogens is 299 g/mol. The maximum absolute atomic E-state index is 13.0. The van der Waals surface area contributed by atoms with Crippen molar-refractivity contribution < 1.29 is 18.0 Å². The van der Waals surface area contributed by atoms with Crippen LogP contribution in [-0.4, -0.2) is 51.7 Å². The Morgan fingerprint density at radius 3 is 2.82 bits per heavy atom. The monoisotopic (exact) mass is 313 g/mol. The van der Waals surface area contributed by atoms with Crippen LogP contribution in [0.1, 0.15) is 0 Å². The van der Waals surface area contributed by atoms with Gasteiger partial charge in [-0.3, -0.25) is 10.1 Å². The summed E-state index contributed by atoms with van der Waals surface area (Å²) in [5, 5.41) is 6.40. The number of carbonyl (C=O) groups is 1. The highest BCUT2D eigenvalue weighted by atomic mass is 19.4. The first kappa shape index (κ1) is 14.8. The summed E-state index contributed by atoms with van der Waals surface area (Å²) in [5.41, 5.74) is 0.508. The summed E-state index contributed by atoms with van der Waals surface area (Å²) >= 11 is 0. The molecule has 2 aromatic heterocycles. The third-order valence-electron chi connectivity index (χ3n) is 3.74. The molecule has 9 heteroatoms. The molecule has 1 aliphatic heterocycles. The van der Waals surface area contributed by atoms with E-state index < -0.39 is 23.9 Å². The molecule has 1 N–H and O–H groups in total. The lowest BCUT2D eigenvalue weighted by Gasteiger charge is -2.19. The molecule has 0 unspecified atom stereocenters. The second-order valence-electron chi connectivity index (χ2n) is 5.40. The van der Waals surface area contributed by atoms with Gasteiger partial charge in [-0.15, -0.1) is 5.10 Å². The molecule has 118 valence electrons. The SMILES string of the molecule is CN1C[C@@H](C(F)(F)F)[C@H](C(=O)Nc2nc3ccccn3n2)C1. The van der Waals surface area contributed by atoms with Crippen molar-refractivity contribution in [2.24, 2.45) is 11.8 Å². The van der Waals surface area contributed by atoms with Gasteiger partial charge in [0.15, 0.2) is 5.65 Å². The van der Waals surface area contributed by atoms with Gasteiger partial charge in [0.1, 0.15) is 0 Å². The molecule has 0 aromatic carbocycles. The largest absolute Gasteiger partial charge is 0.393 e. The maximum atomic E-state index is 13.0. The average Bonchev–Trinajstić information content (AvgIpc) is 3.00. The van der Waals surface area contributed by atoms with Gasteiger partial charge in [-0.1, -0.05) is 6.07 Å². The quantitative estimate of drug-likeness (QED) is 0.910. The van der Waals surface area contributed by atoms with Crippen LogP contribution in [-0.2, 0) is 4.79 Å². The summed E-state index contributed by atoms with van der Waals surface area (Å²) in [6, 6.07) is 5.17. The van der Waals surface area contributed by atoms with E-state index in [-0.39, 0.29) is 19.0 Å². The average molecular weight is 313 g/mol. The maximum Gasteiger partial charge on any atom is 0.393 e. The molecular formula is C13H14F3N5O. The number of nitrogens with zero attached hydrogens (tertiary/aromatic N) is 4. The zero-order valence-corrected chi connectivity index (χ0v) is 11.7. The highest BCUT2D eigenvalue weighted by molar-refractivity contribution is 5.91. The summed E-state index contributed by atoms with van der Waals surface area (Å²) in [7, 11) is 1.56. The summed E-state index contributed by atoms with van der Waals surface area (Å²) in [6.45, 7) is -0.121. The molecule has 1 saturated heterocycles. The first-order valence-electron chi connectivity index (χ1n) is 6.72. The normalized spacial score (nSPS) is 23.1. The van der Waals surface area contributed by atoms with E-state index in [1.807, 2.05) is 0 Å². The van der Waals surface area contributed by atoms with Gasteiger partial charge in [0.05, 0.1) is 11.8 Å². The fraction of sp³-hybridized carbons (Fsp3) is 0.462. The number of hydrogen-bond donors (Lipinski definition) is 1. The van der Waals surface area contributed by atoms with Crippen molar-refractivity contribution in [3.05, 3.63) is 24.4 Å². The predicted octanol–water partition coefficient (Wildman–Crippen LogP) is 1.41. The van der Waals surface area contributed by atoms with Gasteiger partial charge < -0.3 is 4.90 Å². The van der Waals surface area contributed by atoms with Gasteiger partial charge in [-0.25, -0.2) is 4.52 Å². The van der Waals surface area contributed by atoms with Gasteiger partial charge in [-0.2, -0.15) is 18.2 Å². The molecule has 0 aliphatic carbocycles. The van der Waals surface area contributed by atoms with E-state index in [1.165, 1.54) is 9.42 Å². The molecule has 1 aliphatic rings. The van der Waals surface area contributed by atoms with Gasteiger partial charge in [0.2, 0.25) is 11.9 Å². The first-order chi connectivity index (χ1) is 10.3. The molecule has 0 saturated carbocycles. The van der Waals surface area contributed by atoms with Crippen LogP contribution < -0.4 is 5.32 Å². The Bertz CT molecular complexity index is 665. The van der Waals surface area contributed by atoms with Crippen LogP contribution in [0.2, 0.25) is 0 Å². The van der Waals surface area contributed by atoms with Crippen LogP contribution >= 0.6 is 0 Å². The van der Waals surface area contributed by atoms with Crippen molar-refractivity contribution in [1.29, 1.82) is 0 Å². The number of amides is 1. The van der Waals surface area contributed by atoms with E-state index in [0.29, 0.717) is 5.65 Å². The standard InChI is InChI=1S/C13H14F3N5O/c1-20-6-8(9(7-20)13(14,15)16)11(22)18-12-17-10-4-2-3-5-21(10)19-12/h2-5,8-9H,6-7H2,1H3,(H,18,19,22)/t8-,9-/m1/s1. The Hall–Kier alpha value is -2.16. The number of nitrogens with one attached hydrogen (secondary N) is 1. The molecule has 0 radical (unpaired) electrons. The van der Waals surface area contributed by atoms with Crippen LogP contribution in [0.15, 0.2) is 24.4 Å². The van der Waals surface area contributed by atoms with Crippen LogP contribution in [0.3, 0.4) is 0 Å². The highest BCUT2D eigenvalue weighted by Crippen LogP contribution is 2.37. The number of fused-ring (bicyclic) bond motifs is 1. The molecule has 3 heterocycles. The number of rotatable bonds is 2. The van der Waals surface area contributed by atoms with Crippen LogP contribution in [0, 0.1) is 11.8 Å². The zero-order chi connectivity index (χ0) is 15.9. The van der Waals surface area contributed by atoms with E-state index in [9.17, 15) is 18.0 Å². The molecule has 0 spiro atoms. The van der Waals surface area contributed by atoms with E-state index in [4.69, 9.17) is 0 Å². The lowest BCUT2D eigenvalue weighted by Crippen LogP contribution is -2.36. The summed E-state index contributed by atoms with van der Waals surface area (Å²) in [6.07, 6.45) is -2.76. The van der Waals surface area contributed by atoms with Crippen molar-refractivity contribution in [2.75, 3.05) is 25.5 Å². The minimum Gasteiger partial charge on any atom is -0.305 e. The van der Waals surface area contributed by atoms with Gasteiger partial charge in [-0.05, 0) is 19.2 Å². The topological polar surface area (TPSA) is 62.5 Å². The molecule has 3 rings (SSSR count). The van der Waals surface area contributed by atoms with Crippen molar-refractivity contribution in [3.8, 4) is 0 Å². The lowest BCUT2D eigenvalue weighted by molar-refractivity contribution is -0.182. The number of pyridine rings is 1. The number of anilines is 1. The van der Waals surface area contributed by atoms with Crippen molar-refractivity contribution >= 4 is 17.5 Å². The van der Waals surface area contributed by atoms with E-state index in [0.717, 1.165) is 0 Å². The predicted molar refractivity (Wildman–Crippen MR) is 72.1 cm³/mol. The zero-order valence-electron chi connectivity index (χ0n) is 11.7. The molecule has 22 heavy (non-hydrogen) atoms. The second-order valence-corrected chi connectivity index (χ2v) is 5.40. The minimum absolute atomic E-state index is 0.00618. The molecule has 1 fully saturated rings. The van der Waals surface area contributed by atoms with E-state index >= 15 is 0 Å². The first-order valence-corrected chi connectivity index (χ1v) is 6.72. The molecule has 6 nitrogen and oxygen atoms in total. The molecule has 1 amide bonds. The summed E-state index contributed by atoms with van der Waals surface area (Å²) in [5.74, 6) is -3.53. The van der Waals surface area contributed by atoms with E-state index in [1.54, 1.807) is 31.4 Å². The van der Waals surface area contributed by atoms with Crippen molar-refractivity contribution in [3.63, 3.8) is 0 Å². The Balaban J connectivity index is 1.78. The number of carbonyl (C=O) groups excluding carboxylic acids is 1. The third-order valence-corrected chi connectivity index (χ3v) is 3.74. The third kappa shape index (κ3) is 2.76. The van der Waals surface area contributed by atoms with Crippen LogP contribution in [0.5, 0.6) is 0 Å². The smallest absolute Gasteiger partial charge is 0.305 e.